The third-order valence-corrected chi connectivity index (χ3v) is 6.02. The van der Waals surface area contributed by atoms with Gasteiger partial charge in [0.15, 0.2) is 5.16 Å². The summed E-state index contributed by atoms with van der Waals surface area (Å²) in [6.45, 7) is 1.52. The van der Waals surface area contributed by atoms with E-state index < -0.39 is 29.8 Å². The van der Waals surface area contributed by atoms with E-state index in [0.29, 0.717) is 5.56 Å². The highest BCUT2D eigenvalue weighted by atomic mass is 32.2. The lowest BCUT2D eigenvalue weighted by Gasteiger charge is -2.07. The second-order valence-electron chi connectivity index (χ2n) is 5.75. The van der Waals surface area contributed by atoms with E-state index in [0.717, 1.165) is 34.8 Å². The summed E-state index contributed by atoms with van der Waals surface area (Å²) in [6.07, 6.45) is -4.72. The molecule has 30 heavy (non-hydrogen) atoms. The van der Waals surface area contributed by atoms with Crippen molar-refractivity contribution < 1.29 is 37.0 Å². The number of amides is 1. The minimum atomic E-state index is -4.63. The van der Waals surface area contributed by atoms with Gasteiger partial charge in [-0.05, 0) is 12.5 Å². The van der Waals surface area contributed by atoms with E-state index >= 15 is 0 Å². The van der Waals surface area contributed by atoms with E-state index in [1.807, 2.05) is 0 Å². The van der Waals surface area contributed by atoms with Gasteiger partial charge in [0.05, 0.1) is 19.8 Å². The molecule has 1 N–H and O–H groups in total. The zero-order chi connectivity index (χ0) is 22.6. The van der Waals surface area contributed by atoms with Crippen molar-refractivity contribution in [3.05, 3.63) is 21.8 Å². The molecule has 0 spiro atoms. The Bertz CT molecular complexity index is 971. The average Bonchev–Trinajstić information content (AvgIpc) is 3.20. The summed E-state index contributed by atoms with van der Waals surface area (Å²) in [5, 5.41) is 9.23. The van der Waals surface area contributed by atoms with E-state index in [1.165, 1.54) is 21.1 Å². The summed E-state index contributed by atoms with van der Waals surface area (Å²) >= 11 is 1.78. The van der Waals surface area contributed by atoms with Crippen LogP contribution in [-0.2, 0) is 27.5 Å². The average molecular weight is 466 g/mol. The summed E-state index contributed by atoms with van der Waals surface area (Å²) in [4.78, 5) is 36.3. The van der Waals surface area contributed by atoms with Gasteiger partial charge in [0.25, 0.3) is 0 Å². The van der Waals surface area contributed by atoms with Crippen LogP contribution in [0.25, 0.3) is 0 Å². The van der Waals surface area contributed by atoms with Crippen LogP contribution in [-0.4, -0.2) is 52.6 Å². The van der Waals surface area contributed by atoms with Gasteiger partial charge >= 0.3 is 18.1 Å². The van der Waals surface area contributed by atoms with Crippen molar-refractivity contribution in [2.24, 2.45) is 7.05 Å². The van der Waals surface area contributed by atoms with Gasteiger partial charge < -0.3 is 19.4 Å². The Kier molecular flexibility index (Phi) is 7.47. The fourth-order valence-electron chi connectivity index (χ4n) is 2.35. The molecule has 9 nitrogen and oxygen atoms in total. The maximum Gasteiger partial charge on any atom is 0.451 e. The number of aromatic nitrogens is 3. The Morgan fingerprint density at radius 3 is 2.33 bits per heavy atom. The van der Waals surface area contributed by atoms with Crippen molar-refractivity contribution in [1.29, 1.82) is 0 Å². The van der Waals surface area contributed by atoms with Crippen molar-refractivity contribution in [3.63, 3.8) is 0 Å². The number of hydrogen-bond donors (Lipinski definition) is 1. The molecule has 0 aromatic carbocycles. The van der Waals surface area contributed by atoms with Crippen LogP contribution in [0.15, 0.2) is 5.16 Å². The maximum absolute atomic E-state index is 12.7. The lowest BCUT2D eigenvalue weighted by atomic mass is 10.1. The first-order chi connectivity index (χ1) is 14.0. The topological polar surface area (TPSA) is 112 Å². The number of carbonyl (C=O) groups is 3. The third-order valence-electron chi connectivity index (χ3n) is 3.81. The van der Waals surface area contributed by atoms with Crippen LogP contribution in [0.5, 0.6) is 0 Å². The second-order valence-corrected chi connectivity index (χ2v) is 7.84. The fraction of sp³-hybridized carbons (Fsp3) is 0.438. The quantitative estimate of drug-likeness (QED) is 0.490. The number of thioether (sulfide) groups is 1. The number of nitrogens with one attached hydrogen (secondary N) is 1. The van der Waals surface area contributed by atoms with Gasteiger partial charge in [-0.2, -0.15) is 13.2 Å². The maximum atomic E-state index is 12.7. The molecule has 0 radical (unpaired) electrons. The van der Waals surface area contributed by atoms with Crippen LogP contribution in [0, 0.1) is 6.92 Å². The van der Waals surface area contributed by atoms with Gasteiger partial charge in [0.2, 0.25) is 11.7 Å². The number of thiophene rings is 1. The lowest BCUT2D eigenvalue weighted by molar-refractivity contribution is -0.147. The van der Waals surface area contributed by atoms with Crippen molar-refractivity contribution in [2.75, 3.05) is 25.3 Å². The smallest absolute Gasteiger partial charge is 0.451 e. The molecule has 0 fully saturated rings. The molecular weight excluding hydrogens is 449 g/mol. The fourth-order valence-corrected chi connectivity index (χ4v) is 4.33. The molecule has 0 atom stereocenters. The predicted octanol–water partition coefficient (Wildman–Crippen LogP) is 2.90. The molecule has 0 aliphatic rings. The minimum Gasteiger partial charge on any atom is -0.465 e. The summed E-state index contributed by atoms with van der Waals surface area (Å²) in [6, 6.07) is 0. The molecular formula is C16H17F3N4O5S2. The summed E-state index contributed by atoms with van der Waals surface area (Å²) in [7, 11) is 3.53. The summed E-state index contributed by atoms with van der Waals surface area (Å²) < 4.78 is 48.4. The van der Waals surface area contributed by atoms with Crippen LogP contribution in [0.4, 0.5) is 18.2 Å². The van der Waals surface area contributed by atoms with E-state index in [4.69, 9.17) is 4.74 Å². The molecule has 1 amide bonds. The Morgan fingerprint density at radius 1 is 1.17 bits per heavy atom. The lowest BCUT2D eigenvalue weighted by Crippen LogP contribution is -2.15. The Hall–Kier alpha value is -2.61. The standard InChI is InChI=1S/C16H17F3N4O5S2/c1-7-9(12(25)27-3)11(30-10(7)13(26)28-4)20-8(24)5-6-29-15-22-21-14(23(15)2)16(17,18)19/h5-6H2,1-4H3,(H,20,24). The van der Waals surface area contributed by atoms with Crippen molar-refractivity contribution in [1.82, 2.24) is 14.8 Å². The number of esters is 2. The number of ether oxygens (including phenoxy) is 2. The number of methoxy groups -OCH3 is 2. The van der Waals surface area contributed by atoms with Crippen molar-refractivity contribution in [3.8, 4) is 0 Å². The number of hydrogen-bond acceptors (Lipinski definition) is 9. The second kappa shape index (κ2) is 9.47. The molecule has 0 saturated carbocycles. The Labute approximate surface area is 176 Å². The van der Waals surface area contributed by atoms with Crippen molar-refractivity contribution in [2.45, 2.75) is 24.7 Å². The third kappa shape index (κ3) is 5.11. The predicted molar refractivity (Wildman–Crippen MR) is 102 cm³/mol. The molecule has 164 valence electrons. The van der Waals surface area contributed by atoms with Gasteiger partial charge in [0.1, 0.15) is 9.88 Å². The van der Waals surface area contributed by atoms with Crippen LogP contribution in [0.3, 0.4) is 0 Å². The zero-order valence-electron chi connectivity index (χ0n) is 16.2. The summed E-state index contributed by atoms with van der Waals surface area (Å²) in [5.74, 6) is -2.94. The molecule has 14 heteroatoms. The molecule has 2 aromatic rings. The molecule has 0 saturated heterocycles. The first-order valence-corrected chi connectivity index (χ1v) is 10.0. The first-order valence-electron chi connectivity index (χ1n) is 8.20. The van der Waals surface area contributed by atoms with Crippen LogP contribution < -0.4 is 5.32 Å². The molecule has 0 aliphatic heterocycles. The first kappa shape index (κ1) is 23.7. The molecule has 0 unspecified atom stereocenters. The van der Waals surface area contributed by atoms with E-state index in [2.05, 4.69) is 20.3 Å². The number of carbonyl (C=O) groups excluding carboxylic acids is 3. The molecule has 2 heterocycles. The van der Waals surface area contributed by atoms with E-state index in [9.17, 15) is 27.6 Å². The van der Waals surface area contributed by atoms with E-state index in [-0.39, 0.29) is 32.8 Å². The normalized spacial score (nSPS) is 11.3. The zero-order valence-corrected chi connectivity index (χ0v) is 17.9. The van der Waals surface area contributed by atoms with Crippen LogP contribution in [0.1, 0.15) is 37.8 Å². The highest BCUT2D eigenvalue weighted by Crippen LogP contribution is 2.34. The molecule has 0 bridgehead atoms. The van der Waals surface area contributed by atoms with Gasteiger partial charge in [0, 0.05) is 19.2 Å². The molecule has 2 rings (SSSR count). The number of rotatable bonds is 7. The summed E-state index contributed by atoms with van der Waals surface area (Å²) in [5.41, 5.74) is 0.342. The Morgan fingerprint density at radius 2 is 1.80 bits per heavy atom. The van der Waals surface area contributed by atoms with Crippen LogP contribution >= 0.6 is 23.1 Å². The van der Waals surface area contributed by atoms with Gasteiger partial charge in [-0.3, -0.25) is 4.79 Å². The van der Waals surface area contributed by atoms with Crippen LogP contribution in [0.2, 0.25) is 0 Å². The number of anilines is 1. The largest absolute Gasteiger partial charge is 0.465 e. The number of halogens is 3. The molecule has 0 aliphatic carbocycles. The highest BCUT2D eigenvalue weighted by molar-refractivity contribution is 7.99. The number of nitrogens with zero attached hydrogens (tertiary/aromatic N) is 3. The number of alkyl halides is 3. The highest BCUT2D eigenvalue weighted by Gasteiger charge is 2.37. The van der Waals surface area contributed by atoms with Gasteiger partial charge in [-0.25, -0.2) is 9.59 Å². The monoisotopic (exact) mass is 466 g/mol. The SMILES string of the molecule is COC(=O)c1sc(NC(=O)CCSc2nnc(C(F)(F)F)n2C)c(C(=O)OC)c1C. The minimum absolute atomic E-state index is 0.00493. The van der Waals surface area contributed by atoms with Gasteiger partial charge in [-0.15, -0.1) is 21.5 Å². The van der Waals surface area contributed by atoms with E-state index in [1.54, 1.807) is 0 Å². The molecule has 2 aromatic heterocycles. The van der Waals surface area contributed by atoms with Crippen molar-refractivity contribution >= 4 is 45.9 Å². The van der Waals surface area contributed by atoms with Gasteiger partial charge in [-0.1, -0.05) is 11.8 Å². The Balaban J connectivity index is 2.07.